The Bertz CT molecular complexity index is 1460. The fourth-order valence-electron chi connectivity index (χ4n) is 5.21. The van der Waals surface area contributed by atoms with Gasteiger partial charge in [-0.3, -0.25) is 13.9 Å². The number of aliphatic hydroxyl groups is 1. The summed E-state index contributed by atoms with van der Waals surface area (Å²) in [4.78, 5) is 25.3. The minimum absolute atomic E-state index is 0.00429. The number of carbonyl (C=O) groups is 2. The van der Waals surface area contributed by atoms with Gasteiger partial charge in [0, 0.05) is 18.7 Å². The van der Waals surface area contributed by atoms with Gasteiger partial charge in [-0.1, -0.05) is 12.1 Å². The topological polar surface area (TPSA) is 121 Å². The Morgan fingerprint density at radius 1 is 0.976 bits per heavy atom. The Labute approximate surface area is 229 Å². The van der Waals surface area contributed by atoms with Crippen molar-refractivity contribution in [2.75, 3.05) is 17.4 Å². The van der Waals surface area contributed by atoms with Crippen LogP contribution in [0.25, 0.3) is 0 Å². The number of benzene rings is 2. The number of primary amides is 1. The van der Waals surface area contributed by atoms with Crippen molar-refractivity contribution in [3.63, 3.8) is 0 Å². The number of aryl methyl sites for hydroxylation is 1. The summed E-state index contributed by atoms with van der Waals surface area (Å²) in [6.45, 7) is -0.0496. The summed E-state index contributed by atoms with van der Waals surface area (Å²) in [5, 5.41) is 9.77. The van der Waals surface area contributed by atoms with Crippen LogP contribution in [0.3, 0.4) is 0 Å². The quantitative estimate of drug-likeness (QED) is 0.486. The lowest BCUT2D eigenvalue weighted by Gasteiger charge is -2.35. The van der Waals surface area contributed by atoms with Crippen molar-refractivity contribution >= 4 is 27.5 Å². The second-order valence-corrected chi connectivity index (χ2v) is 11.6. The zero-order valence-electron chi connectivity index (χ0n) is 21.1. The van der Waals surface area contributed by atoms with Crippen molar-refractivity contribution in [2.45, 2.75) is 61.0 Å². The number of rotatable bonds is 6. The number of carbonyl (C=O) groups excluding carboxylic acids is 2. The van der Waals surface area contributed by atoms with E-state index in [0.717, 1.165) is 28.6 Å². The molecule has 2 aliphatic heterocycles. The Morgan fingerprint density at radius 2 is 1.63 bits per heavy atom. The zero-order chi connectivity index (χ0) is 30.5. The molecule has 1 saturated heterocycles. The van der Waals surface area contributed by atoms with Gasteiger partial charge in [0.2, 0.25) is 11.8 Å². The zero-order valence-corrected chi connectivity index (χ0v) is 21.9. The van der Waals surface area contributed by atoms with E-state index in [1.807, 2.05) is 0 Å². The number of halogens is 7. The van der Waals surface area contributed by atoms with Crippen LogP contribution < -0.4 is 10.0 Å². The van der Waals surface area contributed by atoms with Gasteiger partial charge in [0.05, 0.1) is 17.0 Å². The SMILES string of the molecule is NC(=O)[C@@H]1CCCN1C(=O)Cc1cc(F)ccc1S(=O)(=O)N1CCCc2cc(C(O)(C(F)(F)F)C(F)(F)F)ccc21. The molecule has 0 saturated carbocycles. The molecule has 16 heteroatoms. The third-order valence-corrected chi connectivity index (χ3v) is 9.14. The van der Waals surface area contributed by atoms with E-state index < -0.39 is 68.5 Å². The molecule has 3 N–H and O–H groups in total. The first-order valence-electron chi connectivity index (χ1n) is 12.3. The highest BCUT2D eigenvalue weighted by atomic mass is 32.2. The molecule has 2 amide bonds. The molecule has 224 valence electrons. The molecule has 0 spiro atoms. The van der Waals surface area contributed by atoms with Gasteiger partial charge in [0.1, 0.15) is 11.9 Å². The summed E-state index contributed by atoms with van der Waals surface area (Å²) >= 11 is 0. The second-order valence-electron chi connectivity index (χ2n) is 9.81. The third-order valence-electron chi connectivity index (χ3n) is 7.23. The molecular weight excluding hydrogens is 587 g/mol. The number of nitrogens with two attached hydrogens (primary N) is 1. The molecule has 0 aliphatic carbocycles. The van der Waals surface area contributed by atoms with Crippen LogP contribution in [-0.4, -0.2) is 61.7 Å². The molecular formula is C25H24F7N3O5S. The van der Waals surface area contributed by atoms with Crippen molar-refractivity contribution in [3.05, 3.63) is 58.9 Å². The van der Waals surface area contributed by atoms with Crippen LogP contribution in [0.1, 0.15) is 36.0 Å². The average Bonchev–Trinajstić information content (AvgIpc) is 3.37. The van der Waals surface area contributed by atoms with E-state index in [-0.39, 0.29) is 42.7 Å². The van der Waals surface area contributed by atoms with E-state index >= 15 is 0 Å². The predicted molar refractivity (Wildman–Crippen MR) is 129 cm³/mol. The molecule has 41 heavy (non-hydrogen) atoms. The summed E-state index contributed by atoms with van der Waals surface area (Å²) in [5.41, 5.74) is -2.09. The van der Waals surface area contributed by atoms with Crippen LogP contribution in [0.4, 0.5) is 36.4 Å². The maximum atomic E-state index is 14.2. The van der Waals surface area contributed by atoms with E-state index in [1.54, 1.807) is 0 Å². The molecule has 2 aliphatic rings. The highest BCUT2D eigenvalue weighted by Crippen LogP contribution is 2.51. The lowest BCUT2D eigenvalue weighted by Crippen LogP contribution is -2.54. The van der Waals surface area contributed by atoms with Crippen LogP contribution in [0.2, 0.25) is 0 Å². The smallest absolute Gasteiger partial charge is 0.369 e. The van der Waals surface area contributed by atoms with E-state index in [1.165, 1.54) is 4.90 Å². The van der Waals surface area contributed by atoms with E-state index in [4.69, 9.17) is 5.73 Å². The molecule has 8 nitrogen and oxygen atoms in total. The van der Waals surface area contributed by atoms with Crippen molar-refractivity contribution in [1.82, 2.24) is 4.90 Å². The van der Waals surface area contributed by atoms with Gasteiger partial charge >= 0.3 is 12.4 Å². The van der Waals surface area contributed by atoms with Crippen LogP contribution in [0.5, 0.6) is 0 Å². The maximum Gasteiger partial charge on any atom is 0.430 e. The number of likely N-dealkylation sites (tertiary alicyclic amines) is 1. The minimum atomic E-state index is -6.13. The second kappa shape index (κ2) is 10.5. The fourth-order valence-corrected chi connectivity index (χ4v) is 6.95. The van der Waals surface area contributed by atoms with Crippen LogP contribution >= 0.6 is 0 Å². The van der Waals surface area contributed by atoms with Gasteiger partial charge in [-0.05, 0) is 61.1 Å². The lowest BCUT2D eigenvalue weighted by molar-refractivity contribution is -0.376. The molecule has 0 unspecified atom stereocenters. The fraction of sp³-hybridized carbons (Fsp3) is 0.440. The van der Waals surface area contributed by atoms with Crippen LogP contribution in [-0.2, 0) is 38.1 Å². The molecule has 1 fully saturated rings. The van der Waals surface area contributed by atoms with Crippen molar-refractivity contribution in [2.24, 2.45) is 5.73 Å². The molecule has 0 radical (unpaired) electrons. The van der Waals surface area contributed by atoms with E-state index in [0.29, 0.717) is 25.0 Å². The number of hydrogen-bond acceptors (Lipinski definition) is 5. The van der Waals surface area contributed by atoms with Gasteiger partial charge in [0.15, 0.2) is 0 Å². The van der Waals surface area contributed by atoms with E-state index in [9.17, 15) is 53.8 Å². The summed E-state index contributed by atoms with van der Waals surface area (Å²) in [7, 11) is -4.63. The van der Waals surface area contributed by atoms with Gasteiger partial charge < -0.3 is 15.7 Å². The molecule has 2 aromatic rings. The monoisotopic (exact) mass is 611 g/mol. The number of anilines is 1. The standard InChI is InChI=1S/C25H24F7N3O5S/c26-17-6-8-20(15(12-17)13-21(36)34-9-2-4-19(34)22(33)37)41(39,40)35-10-1-3-14-11-16(5-7-18(14)35)23(38,24(27,28)29)25(30,31)32/h5-8,11-12,19,38H,1-4,9-10,13H2,(H2,33,37)/t19-/m0/s1. The number of fused-ring (bicyclic) bond motifs is 1. The number of hydrogen-bond donors (Lipinski definition) is 2. The number of amides is 2. The highest BCUT2D eigenvalue weighted by Gasteiger charge is 2.71. The molecule has 0 bridgehead atoms. The summed E-state index contributed by atoms with van der Waals surface area (Å²) < 4.78 is 123. The summed E-state index contributed by atoms with van der Waals surface area (Å²) in [6.07, 6.45) is -12.2. The first-order chi connectivity index (χ1) is 18.9. The van der Waals surface area contributed by atoms with Crippen molar-refractivity contribution in [3.8, 4) is 0 Å². The largest absolute Gasteiger partial charge is 0.430 e. The number of alkyl halides is 6. The Balaban J connectivity index is 1.73. The van der Waals surface area contributed by atoms with Gasteiger partial charge in [-0.15, -0.1) is 0 Å². The summed E-state index contributed by atoms with van der Waals surface area (Å²) in [6, 6.07) is 3.18. The van der Waals surface area contributed by atoms with E-state index in [2.05, 4.69) is 0 Å². The van der Waals surface area contributed by atoms with Gasteiger partial charge in [-0.25, -0.2) is 12.8 Å². The Hall–Kier alpha value is -3.40. The molecule has 2 heterocycles. The van der Waals surface area contributed by atoms with Gasteiger partial charge in [-0.2, -0.15) is 26.3 Å². The molecule has 4 rings (SSSR count). The van der Waals surface area contributed by atoms with Gasteiger partial charge in [0.25, 0.3) is 15.6 Å². The van der Waals surface area contributed by atoms with Crippen molar-refractivity contribution in [1.29, 1.82) is 0 Å². The highest BCUT2D eigenvalue weighted by molar-refractivity contribution is 7.92. The lowest BCUT2D eigenvalue weighted by atomic mass is 9.89. The number of sulfonamides is 1. The average molecular weight is 612 g/mol. The Morgan fingerprint density at radius 3 is 2.24 bits per heavy atom. The normalized spacial score (nSPS) is 18.4. The minimum Gasteiger partial charge on any atom is -0.369 e. The first-order valence-corrected chi connectivity index (χ1v) is 13.7. The van der Waals surface area contributed by atoms with Crippen molar-refractivity contribution < 1.29 is 53.8 Å². The first kappa shape index (κ1) is 30.6. The Kier molecular flexibility index (Phi) is 7.79. The predicted octanol–water partition coefficient (Wildman–Crippen LogP) is 3.30. The number of nitrogens with zero attached hydrogens (tertiary/aromatic N) is 2. The maximum absolute atomic E-state index is 14.2. The van der Waals surface area contributed by atoms with Crippen LogP contribution in [0, 0.1) is 5.82 Å². The molecule has 2 aromatic carbocycles. The van der Waals surface area contributed by atoms with Crippen LogP contribution in [0.15, 0.2) is 41.3 Å². The summed E-state index contributed by atoms with van der Waals surface area (Å²) in [5.74, 6) is -2.31. The molecule has 1 atom stereocenters. The molecule has 0 aromatic heterocycles. The third kappa shape index (κ3) is 5.34.